The van der Waals surface area contributed by atoms with Crippen molar-refractivity contribution in [1.29, 1.82) is 0 Å². The van der Waals surface area contributed by atoms with E-state index in [1.54, 1.807) is 12.1 Å². The third-order valence-corrected chi connectivity index (χ3v) is 5.74. The Kier molecular flexibility index (Phi) is 3.70. The molecule has 3 rings (SSSR count). The van der Waals surface area contributed by atoms with Crippen LogP contribution in [0.1, 0.15) is 10.4 Å². The molecule has 8 heteroatoms. The Hall–Kier alpha value is -2.58. The molecule has 0 aliphatic rings. The number of hydrogen-bond acceptors (Lipinski definition) is 5. The highest BCUT2D eigenvalue weighted by Gasteiger charge is 2.20. The van der Waals surface area contributed by atoms with Crippen molar-refractivity contribution >= 4 is 43.1 Å². The molecule has 118 valence electrons. The van der Waals surface area contributed by atoms with Crippen LogP contribution in [-0.2, 0) is 10.0 Å². The van der Waals surface area contributed by atoms with Gasteiger partial charge in [-0.2, -0.15) is 0 Å². The summed E-state index contributed by atoms with van der Waals surface area (Å²) in [5.41, 5.74) is -0.211. The standard InChI is InChI=1S/C15H11NO5S2/c17-12-7-9(15(18)19)5-6-11(12)16-23(20,21)14-8-22-13-4-2-1-3-10(13)14/h1-8,16-17H,(H,18,19). The van der Waals surface area contributed by atoms with E-state index in [1.165, 1.54) is 28.8 Å². The zero-order valence-corrected chi connectivity index (χ0v) is 13.2. The first-order valence-corrected chi connectivity index (χ1v) is 8.80. The maximum absolute atomic E-state index is 12.5. The van der Waals surface area contributed by atoms with Crippen LogP contribution in [0.4, 0.5) is 5.69 Å². The van der Waals surface area contributed by atoms with E-state index < -0.39 is 21.7 Å². The molecule has 0 spiro atoms. The van der Waals surface area contributed by atoms with Crippen molar-refractivity contribution in [2.75, 3.05) is 4.72 Å². The predicted molar refractivity (Wildman–Crippen MR) is 87.7 cm³/mol. The van der Waals surface area contributed by atoms with Gasteiger partial charge in [0.25, 0.3) is 10.0 Å². The molecule has 0 amide bonds. The molecule has 1 heterocycles. The van der Waals surface area contributed by atoms with Gasteiger partial charge in [0.2, 0.25) is 0 Å². The summed E-state index contributed by atoms with van der Waals surface area (Å²) in [6.07, 6.45) is 0. The van der Waals surface area contributed by atoms with Crippen LogP contribution in [-0.4, -0.2) is 24.6 Å². The molecule has 0 atom stereocenters. The fourth-order valence-electron chi connectivity index (χ4n) is 2.11. The lowest BCUT2D eigenvalue weighted by molar-refractivity contribution is 0.0696. The number of carboxylic acid groups (broad SMARTS) is 1. The first-order valence-electron chi connectivity index (χ1n) is 6.44. The van der Waals surface area contributed by atoms with E-state index in [0.29, 0.717) is 5.39 Å². The van der Waals surface area contributed by atoms with E-state index in [-0.39, 0.29) is 16.1 Å². The minimum Gasteiger partial charge on any atom is -0.506 e. The number of fused-ring (bicyclic) bond motifs is 1. The number of aromatic hydroxyl groups is 1. The summed E-state index contributed by atoms with van der Waals surface area (Å²) in [6.45, 7) is 0. The Labute approximate surface area is 135 Å². The summed E-state index contributed by atoms with van der Waals surface area (Å²) in [4.78, 5) is 10.9. The normalized spacial score (nSPS) is 11.5. The van der Waals surface area contributed by atoms with Gasteiger partial charge in [-0.25, -0.2) is 13.2 Å². The van der Waals surface area contributed by atoms with Gasteiger partial charge in [0, 0.05) is 15.5 Å². The Bertz CT molecular complexity index is 1010. The van der Waals surface area contributed by atoms with E-state index in [9.17, 15) is 18.3 Å². The van der Waals surface area contributed by atoms with Gasteiger partial charge in [-0.15, -0.1) is 11.3 Å². The maximum atomic E-state index is 12.5. The molecule has 3 aromatic rings. The first-order chi connectivity index (χ1) is 10.9. The summed E-state index contributed by atoms with van der Waals surface area (Å²) in [7, 11) is -3.90. The summed E-state index contributed by atoms with van der Waals surface area (Å²) in [5.74, 6) is -1.66. The number of phenolic OH excluding ortho intramolecular Hbond substituents is 1. The third kappa shape index (κ3) is 2.86. The summed E-state index contributed by atoms with van der Waals surface area (Å²) in [6, 6.07) is 10.5. The second kappa shape index (κ2) is 5.56. The number of thiophene rings is 1. The van der Waals surface area contributed by atoms with Crippen LogP contribution >= 0.6 is 11.3 Å². The molecular formula is C15H11NO5S2. The lowest BCUT2D eigenvalue weighted by Crippen LogP contribution is -2.12. The highest BCUT2D eigenvalue weighted by Crippen LogP contribution is 2.32. The van der Waals surface area contributed by atoms with Gasteiger partial charge >= 0.3 is 5.97 Å². The van der Waals surface area contributed by atoms with Crippen molar-refractivity contribution in [3.63, 3.8) is 0 Å². The molecule has 1 aromatic heterocycles. The molecule has 0 unspecified atom stereocenters. The number of anilines is 1. The van der Waals surface area contributed by atoms with Crippen LogP contribution in [0.25, 0.3) is 10.1 Å². The van der Waals surface area contributed by atoms with Crippen molar-refractivity contribution in [2.24, 2.45) is 0 Å². The number of carbonyl (C=O) groups is 1. The SMILES string of the molecule is O=C(O)c1ccc(NS(=O)(=O)c2csc3ccccc23)c(O)c1. The number of phenols is 1. The lowest BCUT2D eigenvalue weighted by atomic mass is 10.2. The van der Waals surface area contributed by atoms with Crippen LogP contribution in [0.15, 0.2) is 52.7 Å². The van der Waals surface area contributed by atoms with Crippen molar-refractivity contribution in [3.8, 4) is 5.75 Å². The number of sulfonamides is 1. The molecule has 2 aromatic carbocycles. The third-order valence-electron chi connectivity index (χ3n) is 3.22. The largest absolute Gasteiger partial charge is 0.506 e. The monoisotopic (exact) mass is 349 g/mol. The highest BCUT2D eigenvalue weighted by atomic mass is 32.2. The molecule has 0 saturated heterocycles. The van der Waals surface area contributed by atoms with Crippen molar-refractivity contribution in [1.82, 2.24) is 0 Å². The molecule has 0 aliphatic heterocycles. The second-order valence-corrected chi connectivity index (χ2v) is 7.30. The van der Waals surface area contributed by atoms with Crippen molar-refractivity contribution in [3.05, 3.63) is 53.4 Å². The molecule has 6 nitrogen and oxygen atoms in total. The quantitative estimate of drug-likeness (QED) is 0.628. The van der Waals surface area contributed by atoms with Crippen LogP contribution in [0.5, 0.6) is 5.75 Å². The van der Waals surface area contributed by atoms with Gasteiger partial charge < -0.3 is 10.2 Å². The van der Waals surface area contributed by atoms with Crippen LogP contribution < -0.4 is 4.72 Å². The Balaban J connectivity index is 2.00. The Morgan fingerprint density at radius 3 is 2.57 bits per heavy atom. The van der Waals surface area contributed by atoms with E-state index in [2.05, 4.69) is 4.72 Å². The van der Waals surface area contributed by atoms with Gasteiger partial charge in [-0.3, -0.25) is 4.72 Å². The van der Waals surface area contributed by atoms with Crippen molar-refractivity contribution in [2.45, 2.75) is 4.90 Å². The number of rotatable bonds is 4. The molecule has 0 fully saturated rings. The molecule has 0 aliphatic carbocycles. The van der Waals surface area contributed by atoms with Gasteiger partial charge in [-0.1, -0.05) is 18.2 Å². The Morgan fingerprint density at radius 1 is 1.13 bits per heavy atom. The topological polar surface area (TPSA) is 104 Å². The first kappa shape index (κ1) is 15.3. The molecule has 0 radical (unpaired) electrons. The summed E-state index contributed by atoms with van der Waals surface area (Å²) >= 11 is 1.30. The van der Waals surface area contributed by atoms with E-state index in [0.717, 1.165) is 10.8 Å². The number of carboxylic acids is 1. The number of aromatic carboxylic acids is 1. The Morgan fingerprint density at radius 2 is 1.87 bits per heavy atom. The average molecular weight is 349 g/mol. The molecule has 0 saturated carbocycles. The van der Waals surface area contributed by atoms with Crippen molar-refractivity contribution < 1.29 is 23.4 Å². The molecular weight excluding hydrogens is 338 g/mol. The van der Waals surface area contributed by atoms with Crippen LogP contribution in [0, 0.1) is 0 Å². The number of nitrogens with one attached hydrogen (secondary N) is 1. The lowest BCUT2D eigenvalue weighted by Gasteiger charge is -2.09. The summed E-state index contributed by atoms with van der Waals surface area (Å²) < 4.78 is 28.1. The minimum absolute atomic E-state index is 0.0784. The van der Waals surface area contributed by atoms with E-state index in [4.69, 9.17) is 5.11 Å². The fraction of sp³-hybridized carbons (Fsp3) is 0. The smallest absolute Gasteiger partial charge is 0.335 e. The molecule has 0 bridgehead atoms. The van der Waals surface area contributed by atoms with Gasteiger partial charge in [0.1, 0.15) is 10.6 Å². The van der Waals surface area contributed by atoms with E-state index in [1.807, 2.05) is 12.1 Å². The minimum atomic E-state index is -3.90. The zero-order valence-electron chi connectivity index (χ0n) is 11.6. The fourth-order valence-corrected chi connectivity index (χ4v) is 4.69. The summed E-state index contributed by atoms with van der Waals surface area (Å²) in [5, 5.41) is 20.8. The molecule has 3 N–H and O–H groups in total. The number of hydrogen-bond donors (Lipinski definition) is 3. The van der Waals surface area contributed by atoms with Gasteiger partial charge in [-0.05, 0) is 24.3 Å². The van der Waals surface area contributed by atoms with E-state index >= 15 is 0 Å². The zero-order chi connectivity index (χ0) is 16.6. The predicted octanol–water partition coefficient (Wildman–Crippen LogP) is 3.11. The maximum Gasteiger partial charge on any atom is 0.335 e. The van der Waals surface area contributed by atoms with Gasteiger partial charge in [0.15, 0.2) is 0 Å². The van der Waals surface area contributed by atoms with Gasteiger partial charge in [0.05, 0.1) is 11.3 Å². The highest BCUT2D eigenvalue weighted by molar-refractivity contribution is 7.93. The van der Waals surface area contributed by atoms with Crippen LogP contribution in [0.2, 0.25) is 0 Å². The average Bonchev–Trinajstić information content (AvgIpc) is 2.94. The second-order valence-electron chi connectivity index (χ2n) is 4.74. The number of benzene rings is 2. The van der Waals surface area contributed by atoms with Crippen LogP contribution in [0.3, 0.4) is 0 Å². The molecule has 23 heavy (non-hydrogen) atoms.